The van der Waals surface area contributed by atoms with Gasteiger partial charge in [0.15, 0.2) is 12.4 Å². The van der Waals surface area contributed by atoms with Gasteiger partial charge >= 0.3 is 0 Å². The Morgan fingerprint density at radius 1 is 1.12 bits per heavy atom. The maximum atomic E-state index is 12.2. The van der Waals surface area contributed by atoms with Crippen LogP contribution in [0.1, 0.15) is 28.9 Å². The van der Waals surface area contributed by atoms with Crippen LogP contribution < -0.4 is 4.57 Å². The summed E-state index contributed by atoms with van der Waals surface area (Å²) in [7, 11) is 0. The van der Waals surface area contributed by atoms with E-state index in [9.17, 15) is 4.79 Å². The number of carbonyl (C=O) groups excluding carboxylic acids is 1. The maximum Gasteiger partial charge on any atom is 0.230 e. The van der Waals surface area contributed by atoms with Gasteiger partial charge in [-0.15, -0.1) is 0 Å². The van der Waals surface area contributed by atoms with E-state index < -0.39 is 0 Å². The monoisotopic (exact) mass is 226 g/mol. The molecule has 2 nitrogen and oxygen atoms in total. The standard InChI is InChI=1S/C15H16NO/c1-12-7-6-10-16(11-12)13(2)15(17)14-8-4-3-5-9-14/h3-11,13H,1-2H3/q+1/t13-/m0/s1. The molecule has 0 spiro atoms. The number of pyridine rings is 1. The Balaban J connectivity index is 2.27. The first-order valence-corrected chi connectivity index (χ1v) is 5.75. The van der Waals surface area contributed by atoms with E-state index in [-0.39, 0.29) is 11.8 Å². The van der Waals surface area contributed by atoms with Crippen molar-refractivity contribution in [1.82, 2.24) is 0 Å². The molecule has 1 heterocycles. The lowest BCUT2D eigenvalue weighted by Crippen LogP contribution is -2.41. The molecule has 1 aromatic carbocycles. The predicted octanol–water partition coefficient (Wildman–Crippen LogP) is 2.73. The van der Waals surface area contributed by atoms with Crippen LogP contribution in [0.25, 0.3) is 0 Å². The zero-order chi connectivity index (χ0) is 12.3. The van der Waals surface area contributed by atoms with Crippen molar-refractivity contribution in [3.05, 3.63) is 66.0 Å². The van der Waals surface area contributed by atoms with Gasteiger partial charge in [0.25, 0.3) is 0 Å². The predicted molar refractivity (Wildman–Crippen MR) is 66.9 cm³/mol. The van der Waals surface area contributed by atoms with Gasteiger partial charge in [0.05, 0.1) is 0 Å². The van der Waals surface area contributed by atoms with E-state index in [4.69, 9.17) is 0 Å². The second kappa shape index (κ2) is 4.91. The van der Waals surface area contributed by atoms with E-state index in [0.29, 0.717) is 0 Å². The summed E-state index contributed by atoms with van der Waals surface area (Å²) in [5.74, 6) is 0.140. The van der Waals surface area contributed by atoms with Crippen LogP contribution in [0.2, 0.25) is 0 Å². The summed E-state index contributed by atoms with van der Waals surface area (Å²) in [5, 5.41) is 0. The van der Waals surface area contributed by atoms with E-state index in [1.807, 2.05) is 73.3 Å². The van der Waals surface area contributed by atoms with Gasteiger partial charge in [-0.2, -0.15) is 4.57 Å². The van der Waals surface area contributed by atoms with Crippen LogP contribution >= 0.6 is 0 Å². The quantitative estimate of drug-likeness (QED) is 0.582. The van der Waals surface area contributed by atoms with Gasteiger partial charge in [-0.05, 0) is 13.0 Å². The average Bonchev–Trinajstić information content (AvgIpc) is 2.38. The first kappa shape index (κ1) is 11.5. The molecule has 1 aromatic heterocycles. The lowest BCUT2D eigenvalue weighted by atomic mass is 10.1. The van der Waals surface area contributed by atoms with Gasteiger partial charge in [-0.1, -0.05) is 30.3 Å². The summed E-state index contributed by atoms with van der Waals surface area (Å²) in [6.45, 7) is 3.95. The number of ketones is 1. The smallest absolute Gasteiger partial charge is 0.230 e. The van der Waals surface area contributed by atoms with Gasteiger partial charge in [-0.3, -0.25) is 4.79 Å². The second-order valence-electron chi connectivity index (χ2n) is 4.23. The third-order valence-electron chi connectivity index (χ3n) is 2.85. The first-order chi connectivity index (χ1) is 8.18. The van der Waals surface area contributed by atoms with Crippen LogP contribution in [0.4, 0.5) is 0 Å². The van der Waals surface area contributed by atoms with E-state index in [2.05, 4.69) is 0 Å². The zero-order valence-corrected chi connectivity index (χ0v) is 10.1. The van der Waals surface area contributed by atoms with Crippen LogP contribution in [-0.4, -0.2) is 5.78 Å². The van der Waals surface area contributed by atoms with Crippen LogP contribution in [0.5, 0.6) is 0 Å². The SMILES string of the molecule is Cc1ccc[n+]([C@@H](C)C(=O)c2ccccc2)c1. The van der Waals surface area contributed by atoms with Crippen LogP contribution in [-0.2, 0) is 0 Å². The number of Topliss-reactive ketones (excluding diaryl/α,β-unsaturated/α-hetero) is 1. The minimum absolute atomic E-state index is 0.140. The number of benzene rings is 1. The normalized spacial score (nSPS) is 12.1. The number of nitrogens with zero attached hydrogens (tertiary/aromatic N) is 1. The molecule has 0 saturated heterocycles. The Morgan fingerprint density at radius 3 is 2.47 bits per heavy atom. The third-order valence-corrected chi connectivity index (χ3v) is 2.85. The minimum Gasteiger partial charge on any atom is -0.287 e. The molecule has 0 N–H and O–H groups in total. The molecular weight excluding hydrogens is 210 g/mol. The molecule has 0 bridgehead atoms. The fourth-order valence-corrected chi connectivity index (χ4v) is 1.84. The Labute approximate surface area is 102 Å². The summed E-state index contributed by atoms with van der Waals surface area (Å²) in [6, 6.07) is 13.2. The molecule has 86 valence electrons. The average molecular weight is 226 g/mol. The Hall–Kier alpha value is -1.96. The minimum atomic E-state index is -0.169. The fraction of sp³-hybridized carbons (Fsp3) is 0.200. The van der Waals surface area contributed by atoms with Gasteiger partial charge in [-0.25, -0.2) is 0 Å². The third kappa shape index (κ3) is 2.59. The molecule has 0 amide bonds. The van der Waals surface area contributed by atoms with Crippen molar-refractivity contribution in [3.8, 4) is 0 Å². The Kier molecular flexibility index (Phi) is 3.33. The Bertz CT molecular complexity index is 519. The number of hydrogen-bond donors (Lipinski definition) is 0. The van der Waals surface area contributed by atoms with Crippen molar-refractivity contribution < 1.29 is 9.36 Å². The van der Waals surface area contributed by atoms with Crippen LogP contribution in [0.15, 0.2) is 54.9 Å². The van der Waals surface area contributed by atoms with Gasteiger partial charge < -0.3 is 0 Å². The highest BCUT2D eigenvalue weighted by Crippen LogP contribution is 2.08. The van der Waals surface area contributed by atoms with Gasteiger partial charge in [0.1, 0.15) is 0 Å². The van der Waals surface area contributed by atoms with Gasteiger partial charge in [0.2, 0.25) is 11.8 Å². The fourth-order valence-electron chi connectivity index (χ4n) is 1.84. The number of aromatic nitrogens is 1. The van der Waals surface area contributed by atoms with Gasteiger partial charge in [0, 0.05) is 24.1 Å². The van der Waals surface area contributed by atoms with Crippen molar-refractivity contribution in [1.29, 1.82) is 0 Å². The number of aryl methyl sites for hydroxylation is 1. The number of rotatable bonds is 3. The van der Waals surface area contributed by atoms with Crippen LogP contribution in [0, 0.1) is 6.92 Å². The maximum absolute atomic E-state index is 12.2. The van der Waals surface area contributed by atoms with Crippen molar-refractivity contribution in [2.45, 2.75) is 19.9 Å². The van der Waals surface area contributed by atoms with E-state index in [0.717, 1.165) is 11.1 Å². The highest BCUT2D eigenvalue weighted by Gasteiger charge is 2.22. The molecular formula is C15H16NO+. The molecule has 0 radical (unpaired) electrons. The summed E-state index contributed by atoms with van der Waals surface area (Å²) in [4.78, 5) is 12.2. The Morgan fingerprint density at radius 2 is 1.82 bits per heavy atom. The van der Waals surface area contributed by atoms with Crippen molar-refractivity contribution in [2.24, 2.45) is 0 Å². The lowest BCUT2D eigenvalue weighted by molar-refractivity contribution is -0.705. The molecule has 0 aliphatic heterocycles. The molecule has 0 aliphatic carbocycles. The first-order valence-electron chi connectivity index (χ1n) is 5.75. The van der Waals surface area contributed by atoms with E-state index >= 15 is 0 Å². The van der Waals surface area contributed by atoms with E-state index in [1.54, 1.807) is 0 Å². The summed E-state index contributed by atoms with van der Waals surface area (Å²) in [5.41, 5.74) is 1.91. The van der Waals surface area contributed by atoms with Crippen molar-refractivity contribution in [3.63, 3.8) is 0 Å². The summed E-state index contributed by atoms with van der Waals surface area (Å²) in [6.07, 6.45) is 3.92. The number of hydrogen-bond acceptors (Lipinski definition) is 1. The largest absolute Gasteiger partial charge is 0.287 e. The summed E-state index contributed by atoms with van der Waals surface area (Å²) >= 11 is 0. The topological polar surface area (TPSA) is 20.9 Å². The van der Waals surface area contributed by atoms with Crippen molar-refractivity contribution in [2.75, 3.05) is 0 Å². The highest BCUT2D eigenvalue weighted by atomic mass is 16.1. The van der Waals surface area contributed by atoms with E-state index in [1.165, 1.54) is 0 Å². The molecule has 0 saturated carbocycles. The zero-order valence-electron chi connectivity index (χ0n) is 10.1. The molecule has 0 fully saturated rings. The number of carbonyl (C=O) groups is 1. The summed E-state index contributed by atoms with van der Waals surface area (Å²) < 4.78 is 1.95. The molecule has 2 rings (SSSR count). The second-order valence-corrected chi connectivity index (χ2v) is 4.23. The highest BCUT2D eigenvalue weighted by molar-refractivity contribution is 5.97. The molecule has 0 unspecified atom stereocenters. The lowest BCUT2D eigenvalue weighted by Gasteiger charge is -2.06. The molecule has 2 aromatic rings. The van der Waals surface area contributed by atoms with Crippen molar-refractivity contribution >= 4 is 5.78 Å². The molecule has 0 aliphatic rings. The molecule has 17 heavy (non-hydrogen) atoms. The molecule has 2 heteroatoms. The van der Waals surface area contributed by atoms with Crippen LogP contribution in [0.3, 0.4) is 0 Å². The molecule has 1 atom stereocenters.